The lowest BCUT2D eigenvalue weighted by molar-refractivity contribution is -0.121. The molecule has 3 aromatic rings. The largest absolute Gasteiger partial charge is 0.354 e. The highest BCUT2D eigenvalue weighted by atomic mass is 32.1. The standard InChI is InChI=1S/C22H25N3O3S/c1-2-24-21-19(16-10-6-7-11-17(16)29-21)20(27)25(22(24)28)14-18(26)23-13-12-15-8-4-3-5-9-15/h3-5,8-9H,2,6-7,10-14H2,1H3,(H,23,26). The van der Waals surface area contributed by atoms with Crippen LogP contribution in [-0.2, 0) is 37.1 Å². The van der Waals surface area contributed by atoms with Gasteiger partial charge in [-0.3, -0.25) is 18.7 Å². The van der Waals surface area contributed by atoms with Crippen LogP contribution >= 0.6 is 11.3 Å². The molecule has 4 rings (SSSR count). The number of carbonyl (C=O) groups excluding carboxylic acids is 1. The number of benzene rings is 1. The van der Waals surface area contributed by atoms with Gasteiger partial charge >= 0.3 is 5.69 Å². The molecule has 1 N–H and O–H groups in total. The number of aryl methyl sites for hydroxylation is 3. The quantitative estimate of drug-likeness (QED) is 0.677. The van der Waals surface area contributed by atoms with E-state index in [-0.39, 0.29) is 18.0 Å². The van der Waals surface area contributed by atoms with Crippen molar-refractivity contribution >= 4 is 27.5 Å². The number of nitrogens with one attached hydrogen (secondary N) is 1. The zero-order valence-corrected chi connectivity index (χ0v) is 17.4. The molecule has 0 fully saturated rings. The van der Waals surface area contributed by atoms with Gasteiger partial charge in [-0.15, -0.1) is 11.3 Å². The predicted octanol–water partition coefficient (Wildman–Crippen LogP) is 2.48. The number of thiophene rings is 1. The Labute approximate surface area is 172 Å². The third-order valence-electron chi connectivity index (χ3n) is 5.52. The van der Waals surface area contributed by atoms with E-state index < -0.39 is 5.69 Å². The molecule has 1 aromatic carbocycles. The number of hydrogen-bond donors (Lipinski definition) is 1. The summed E-state index contributed by atoms with van der Waals surface area (Å²) in [5.41, 5.74) is 1.49. The maximum absolute atomic E-state index is 13.2. The summed E-state index contributed by atoms with van der Waals surface area (Å²) in [6.07, 6.45) is 4.72. The van der Waals surface area contributed by atoms with E-state index in [0.29, 0.717) is 24.9 Å². The summed E-state index contributed by atoms with van der Waals surface area (Å²) in [5, 5.41) is 3.47. The molecule has 7 heteroatoms. The highest BCUT2D eigenvalue weighted by Crippen LogP contribution is 2.34. The smallest absolute Gasteiger partial charge is 0.332 e. The number of nitrogens with zero attached hydrogens (tertiary/aromatic N) is 2. The lowest BCUT2D eigenvalue weighted by Crippen LogP contribution is -2.43. The first-order valence-corrected chi connectivity index (χ1v) is 11.0. The second-order valence-corrected chi connectivity index (χ2v) is 8.48. The van der Waals surface area contributed by atoms with E-state index in [1.54, 1.807) is 15.9 Å². The predicted molar refractivity (Wildman–Crippen MR) is 116 cm³/mol. The van der Waals surface area contributed by atoms with Crippen LogP contribution < -0.4 is 16.6 Å². The van der Waals surface area contributed by atoms with Gasteiger partial charge < -0.3 is 5.32 Å². The second-order valence-electron chi connectivity index (χ2n) is 7.39. The van der Waals surface area contributed by atoms with Crippen molar-refractivity contribution in [3.63, 3.8) is 0 Å². The summed E-state index contributed by atoms with van der Waals surface area (Å²) in [4.78, 5) is 40.5. The molecule has 0 bridgehead atoms. The van der Waals surface area contributed by atoms with Gasteiger partial charge in [0.2, 0.25) is 5.91 Å². The molecule has 6 nitrogen and oxygen atoms in total. The maximum Gasteiger partial charge on any atom is 0.332 e. The van der Waals surface area contributed by atoms with Crippen LogP contribution in [0.1, 0.15) is 35.8 Å². The topological polar surface area (TPSA) is 73.1 Å². The molecule has 0 atom stereocenters. The van der Waals surface area contributed by atoms with Crippen LogP contribution in [0.4, 0.5) is 0 Å². The fourth-order valence-electron chi connectivity index (χ4n) is 4.03. The van der Waals surface area contributed by atoms with Crippen LogP contribution in [-0.4, -0.2) is 21.6 Å². The van der Waals surface area contributed by atoms with Crippen LogP contribution in [0.25, 0.3) is 10.2 Å². The van der Waals surface area contributed by atoms with Crippen LogP contribution in [0.3, 0.4) is 0 Å². The molecule has 0 saturated heterocycles. The molecule has 0 spiro atoms. The van der Waals surface area contributed by atoms with E-state index in [0.717, 1.165) is 46.2 Å². The molecular formula is C22H25N3O3S. The van der Waals surface area contributed by atoms with Crippen molar-refractivity contribution in [2.75, 3.05) is 6.54 Å². The maximum atomic E-state index is 13.2. The Hall–Kier alpha value is -2.67. The minimum absolute atomic E-state index is 0.243. The minimum atomic E-state index is -0.401. The molecule has 0 radical (unpaired) electrons. The molecule has 2 heterocycles. The summed E-state index contributed by atoms with van der Waals surface area (Å²) in [7, 11) is 0. The summed E-state index contributed by atoms with van der Waals surface area (Å²) >= 11 is 1.57. The van der Waals surface area contributed by atoms with Crippen molar-refractivity contribution in [3.8, 4) is 0 Å². The van der Waals surface area contributed by atoms with Gasteiger partial charge in [0.1, 0.15) is 11.4 Å². The third kappa shape index (κ3) is 3.79. The van der Waals surface area contributed by atoms with Crippen LogP contribution in [0, 0.1) is 0 Å². The normalized spacial score (nSPS) is 13.4. The van der Waals surface area contributed by atoms with Crippen molar-refractivity contribution in [2.24, 2.45) is 0 Å². The second kappa shape index (κ2) is 8.37. The van der Waals surface area contributed by atoms with Gasteiger partial charge in [-0.25, -0.2) is 4.79 Å². The fraction of sp³-hybridized carbons (Fsp3) is 0.409. The third-order valence-corrected chi connectivity index (χ3v) is 6.83. The minimum Gasteiger partial charge on any atom is -0.354 e. The Morgan fingerprint density at radius 2 is 1.86 bits per heavy atom. The number of aromatic nitrogens is 2. The number of rotatable bonds is 6. The van der Waals surface area contributed by atoms with E-state index in [2.05, 4.69) is 5.32 Å². The molecular weight excluding hydrogens is 386 g/mol. The summed E-state index contributed by atoms with van der Waals surface area (Å²) in [6, 6.07) is 9.88. The van der Waals surface area contributed by atoms with Gasteiger partial charge in [0, 0.05) is 18.0 Å². The molecule has 1 aliphatic carbocycles. The first kappa shape index (κ1) is 19.6. The van der Waals surface area contributed by atoms with Gasteiger partial charge in [-0.2, -0.15) is 0 Å². The molecule has 1 amide bonds. The van der Waals surface area contributed by atoms with Crippen LogP contribution in [0.2, 0.25) is 0 Å². The average Bonchev–Trinajstić information content (AvgIpc) is 3.11. The lowest BCUT2D eigenvalue weighted by atomic mass is 9.97. The summed E-state index contributed by atoms with van der Waals surface area (Å²) in [6.45, 7) is 2.60. The van der Waals surface area contributed by atoms with Crippen molar-refractivity contribution in [1.82, 2.24) is 14.5 Å². The molecule has 2 aromatic heterocycles. The first-order valence-electron chi connectivity index (χ1n) is 10.2. The van der Waals surface area contributed by atoms with Crippen molar-refractivity contribution in [2.45, 2.75) is 52.1 Å². The highest BCUT2D eigenvalue weighted by Gasteiger charge is 2.23. The van der Waals surface area contributed by atoms with Crippen molar-refractivity contribution in [3.05, 3.63) is 67.2 Å². The Morgan fingerprint density at radius 3 is 2.62 bits per heavy atom. The first-order chi connectivity index (χ1) is 14.1. The Kier molecular flexibility index (Phi) is 5.67. The van der Waals surface area contributed by atoms with Crippen molar-refractivity contribution in [1.29, 1.82) is 0 Å². The Morgan fingerprint density at radius 1 is 1.10 bits per heavy atom. The average molecular weight is 412 g/mol. The van der Waals surface area contributed by atoms with Gasteiger partial charge in [-0.1, -0.05) is 30.3 Å². The molecule has 0 aliphatic heterocycles. The van der Waals surface area contributed by atoms with E-state index >= 15 is 0 Å². The van der Waals surface area contributed by atoms with E-state index in [4.69, 9.17) is 0 Å². The SMILES string of the molecule is CCn1c(=O)n(CC(=O)NCCc2ccccc2)c(=O)c2c3c(sc21)CCCC3. The molecule has 0 unspecified atom stereocenters. The summed E-state index contributed by atoms with van der Waals surface area (Å²) in [5.74, 6) is -0.314. The number of fused-ring (bicyclic) bond motifs is 3. The highest BCUT2D eigenvalue weighted by molar-refractivity contribution is 7.18. The molecule has 152 valence electrons. The van der Waals surface area contributed by atoms with Crippen LogP contribution in [0.15, 0.2) is 39.9 Å². The fourth-order valence-corrected chi connectivity index (χ4v) is 5.46. The van der Waals surface area contributed by atoms with Gasteiger partial charge in [-0.05, 0) is 50.2 Å². The number of carbonyl (C=O) groups is 1. The monoisotopic (exact) mass is 411 g/mol. The number of hydrogen-bond acceptors (Lipinski definition) is 4. The Balaban J connectivity index is 1.60. The zero-order chi connectivity index (χ0) is 20.4. The molecule has 29 heavy (non-hydrogen) atoms. The zero-order valence-electron chi connectivity index (χ0n) is 16.6. The van der Waals surface area contributed by atoms with Gasteiger partial charge in [0.25, 0.3) is 5.56 Å². The summed E-state index contributed by atoms with van der Waals surface area (Å²) < 4.78 is 2.74. The van der Waals surface area contributed by atoms with E-state index in [9.17, 15) is 14.4 Å². The van der Waals surface area contributed by atoms with E-state index in [1.807, 2.05) is 37.3 Å². The van der Waals surface area contributed by atoms with Crippen LogP contribution in [0.5, 0.6) is 0 Å². The lowest BCUT2D eigenvalue weighted by Gasteiger charge is -2.12. The van der Waals surface area contributed by atoms with Crippen molar-refractivity contribution < 1.29 is 4.79 Å². The Bertz CT molecular complexity index is 1160. The van der Waals surface area contributed by atoms with Gasteiger partial charge in [0.05, 0.1) is 5.39 Å². The molecule has 1 aliphatic rings. The van der Waals surface area contributed by atoms with E-state index in [1.165, 1.54) is 4.88 Å². The van der Waals surface area contributed by atoms with Gasteiger partial charge in [0.15, 0.2) is 0 Å². The number of amides is 1. The molecule has 0 saturated carbocycles.